The van der Waals surface area contributed by atoms with Crippen LogP contribution in [0.1, 0.15) is 33.6 Å². The SMILES string of the molecule is CC/C=c1/cccc/c1=C(\C)CC. The Kier molecular flexibility index (Phi) is 3.75. The van der Waals surface area contributed by atoms with Crippen molar-refractivity contribution in [2.75, 3.05) is 0 Å². The summed E-state index contributed by atoms with van der Waals surface area (Å²) in [6.07, 6.45) is 4.52. The summed E-state index contributed by atoms with van der Waals surface area (Å²) in [5.41, 5.74) is 1.47. The van der Waals surface area contributed by atoms with Crippen molar-refractivity contribution in [3.8, 4) is 0 Å². The van der Waals surface area contributed by atoms with E-state index in [1.165, 1.54) is 16.0 Å². The van der Waals surface area contributed by atoms with Crippen molar-refractivity contribution in [1.29, 1.82) is 0 Å². The van der Waals surface area contributed by atoms with Crippen LogP contribution in [0.2, 0.25) is 0 Å². The molecule has 70 valence electrons. The van der Waals surface area contributed by atoms with E-state index in [1.807, 2.05) is 0 Å². The van der Waals surface area contributed by atoms with E-state index in [0.717, 1.165) is 12.8 Å². The molecule has 0 aromatic heterocycles. The normalized spacial score (nSPS) is 14.5. The van der Waals surface area contributed by atoms with E-state index in [4.69, 9.17) is 0 Å². The van der Waals surface area contributed by atoms with Gasteiger partial charge in [0.05, 0.1) is 0 Å². The maximum Gasteiger partial charge on any atom is -0.0198 e. The van der Waals surface area contributed by atoms with Gasteiger partial charge in [-0.25, -0.2) is 0 Å². The quantitative estimate of drug-likeness (QED) is 0.646. The Morgan fingerprint density at radius 1 is 1.23 bits per heavy atom. The molecule has 0 heteroatoms. The van der Waals surface area contributed by atoms with E-state index >= 15 is 0 Å². The summed E-state index contributed by atoms with van der Waals surface area (Å²) in [4.78, 5) is 0. The van der Waals surface area contributed by atoms with Crippen LogP contribution in [0.15, 0.2) is 24.3 Å². The third kappa shape index (κ3) is 2.45. The van der Waals surface area contributed by atoms with E-state index < -0.39 is 0 Å². The smallest absolute Gasteiger partial charge is 0.0198 e. The zero-order chi connectivity index (χ0) is 9.68. The van der Waals surface area contributed by atoms with E-state index in [0.29, 0.717) is 0 Å². The van der Waals surface area contributed by atoms with Gasteiger partial charge in [0.1, 0.15) is 0 Å². The third-order valence-corrected chi connectivity index (χ3v) is 2.37. The van der Waals surface area contributed by atoms with Crippen LogP contribution in [0, 0.1) is 0 Å². The van der Waals surface area contributed by atoms with Gasteiger partial charge in [0, 0.05) is 0 Å². The fourth-order valence-electron chi connectivity index (χ4n) is 1.47. The second-order valence-electron chi connectivity index (χ2n) is 3.33. The highest BCUT2D eigenvalue weighted by atomic mass is 13.9. The highest BCUT2D eigenvalue weighted by Gasteiger charge is 1.88. The molecule has 0 spiro atoms. The predicted octanol–water partition coefficient (Wildman–Crippen LogP) is 2.46. The first-order chi connectivity index (χ1) is 6.29. The largest absolute Gasteiger partial charge is 0.0769 e. The van der Waals surface area contributed by atoms with Crippen LogP contribution in [0.4, 0.5) is 0 Å². The number of benzene rings is 1. The van der Waals surface area contributed by atoms with Gasteiger partial charge in [0.25, 0.3) is 0 Å². The highest BCUT2D eigenvalue weighted by molar-refractivity contribution is 5.43. The third-order valence-electron chi connectivity index (χ3n) is 2.37. The van der Waals surface area contributed by atoms with Crippen LogP contribution < -0.4 is 10.4 Å². The Hall–Kier alpha value is -1.04. The maximum atomic E-state index is 2.29. The van der Waals surface area contributed by atoms with Crippen molar-refractivity contribution in [2.45, 2.75) is 33.6 Å². The fourth-order valence-corrected chi connectivity index (χ4v) is 1.47. The Bertz CT molecular complexity index is 371. The molecule has 0 aliphatic rings. The molecule has 0 aliphatic heterocycles. The average Bonchev–Trinajstić information content (AvgIpc) is 2.18. The molecule has 0 fully saturated rings. The molecule has 1 rings (SSSR count). The molecule has 0 aliphatic carbocycles. The zero-order valence-corrected chi connectivity index (χ0v) is 8.80. The van der Waals surface area contributed by atoms with Crippen LogP contribution in [0.5, 0.6) is 0 Å². The summed E-state index contributed by atoms with van der Waals surface area (Å²) < 4.78 is 0. The minimum atomic E-state index is 1.11. The molecule has 0 saturated heterocycles. The molecular weight excluding hydrogens is 156 g/mol. The standard InChI is InChI=1S/C13H18/c1-4-8-12-9-6-7-10-13(12)11(3)5-2/h6-10H,4-5H2,1-3H3/b12-8-,13-11-. The van der Waals surface area contributed by atoms with Crippen LogP contribution >= 0.6 is 0 Å². The number of rotatable bonds is 2. The van der Waals surface area contributed by atoms with Gasteiger partial charge in [0.15, 0.2) is 0 Å². The topological polar surface area (TPSA) is 0 Å². The van der Waals surface area contributed by atoms with Gasteiger partial charge in [-0.3, -0.25) is 0 Å². The van der Waals surface area contributed by atoms with Gasteiger partial charge in [-0.2, -0.15) is 0 Å². The first-order valence-corrected chi connectivity index (χ1v) is 5.04. The average molecular weight is 174 g/mol. The lowest BCUT2D eigenvalue weighted by atomic mass is 10.1. The molecule has 0 atom stereocenters. The fraction of sp³-hybridized carbons (Fsp3) is 0.385. The molecular formula is C13H18. The number of hydrogen-bond acceptors (Lipinski definition) is 0. The van der Waals surface area contributed by atoms with E-state index in [2.05, 4.69) is 51.1 Å². The minimum Gasteiger partial charge on any atom is -0.0769 e. The Labute approximate surface area is 80.6 Å². The summed E-state index contributed by atoms with van der Waals surface area (Å²) >= 11 is 0. The monoisotopic (exact) mass is 174 g/mol. The molecule has 13 heavy (non-hydrogen) atoms. The van der Waals surface area contributed by atoms with Crippen molar-refractivity contribution in [3.05, 3.63) is 34.7 Å². The Balaban J connectivity index is 3.46. The zero-order valence-electron chi connectivity index (χ0n) is 8.80. The van der Waals surface area contributed by atoms with Gasteiger partial charge >= 0.3 is 0 Å². The summed E-state index contributed by atoms with van der Waals surface area (Å²) in [6.45, 7) is 6.60. The highest BCUT2D eigenvalue weighted by Crippen LogP contribution is 1.94. The molecule has 0 nitrogen and oxygen atoms in total. The Morgan fingerprint density at radius 2 is 1.92 bits per heavy atom. The summed E-state index contributed by atoms with van der Waals surface area (Å²) in [7, 11) is 0. The molecule has 1 aromatic carbocycles. The second-order valence-corrected chi connectivity index (χ2v) is 3.33. The van der Waals surface area contributed by atoms with Crippen molar-refractivity contribution >= 4 is 11.6 Å². The summed E-state index contributed by atoms with van der Waals surface area (Å²) in [5.74, 6) is 0. The van der Waals surface area contributed by atoms with Gasteiger partial charge < -0.3 is 0 Å². The molecule has 0 saturated carbocycles. The molecule has 0 heterocycles. The minimum absolute atomic E-state index is 1.11. The van der Waals surface area contributed by atoms with Crippen molar-refractivity contribution in [2.24, 2.45) is 0 Å². The molecule has 0 N–H and O–H groups in total. The van der Waals surface area contributed by atoms with Crippen LogP contribution in [0.25, 0.3) is 11.6 Å². The summed E-state index contributed by atoms with van der Waals surface area (Å²) in [5, 5.41) is 2.79. The van der Waals surface area contributed by atoms with E-state index in [9.17, 15) is 0 Å². The molecule has 0 radical (unpaired) electrons. The van der Waals surface area contributed by atoms with Gasteiger partial charge in [0.2, 0.25) is 0 Å². The van der Waals surface area contributed by atoms with Crippen molar-refractivity contribution in [3.63, 3.8) is 0 Å². The number of hydrogen-bond donors (Lipinski definition) is 0. The van der Waals surface area contributed by atoms with Gasteiger partial charge in [-0.05, 0) is 30.2 Å². The lowest BCUT2D eigenvalue weighted by Crippen LogP contribution is -2.25. The first kappa shape index (κ1) is 10.0. The van der Waals surface area contributed by atoms with Gasteiger partial charge in [-0.1, -0.05) is 49.8 Å². The maximum absolute atomic E-state index is 2.29. The van der Waals surface area contributed by atoms with Crippen molar-refractivity contribution < 1.29 is 0 Å². The van der Waals surface area contributed by atoms with Crippen molar-refractivity contribution in [1.82, 2.24) is 0 Å². The predicted molar refractivity (Wildman–Crippen MR) is 59.8 cm³/mol. The van der Waals surface area contributed by atoms with E-state index in [-0.39, 0.29) is 0 Å². The molecule has 1 aromatic rings. The Morgan fingerprint density at radius 3 is 2.54 bits per heavy atom. The van der Waals surface area contributed by atoms with E-state index in [1.54, 1.807) is 0 Å². The molecule has 0 unspecified atom stereocenters. The lowest BCUT2D eigenvalue weighted by Gasteiger charge is -1.96. The molecule has 0 amide bonds. The first-order valence-electron chi connectivity index (χ1n) is 5.04. The second kappa shape index (κ2) is 4.86. The van der Waals surface area contributed by atoms with Crippen LogP contribution in [-0.2, 0) is 0 Å². The lowest BCUT2D eigenvalue weighted by molar-refractivity contribution is 1.19. The van der Waals surface area contributed by atoms with Gasteiger partial charge in [-0.15, -0.1) is 0 Å². The molecule has 0 bridgehead atoms. The van der Waals surface area contributed by atoms with Crippen LogP contribution in [-0.4, -0.2) is 0 Å². The summed E-state index contributed by atoms with van der Waals surface area (Å²) in [6, 6.07) is 8.62. The van der Waals surface area contributed by atoms with Crippen LogP contribution in [0.3, 0.4) is 0 Å².